The summed E-state index contributed by atoms with van der Waals surface area (Å²) in [6.45, 7) is 4.59. The summed E-state index contributed by atoms with van der Waals surface area (Å²) in [5, 5.41) is 2.78. The maximum absolute atomic E-state index is 12.5. The third-order valence-corrected chi connectivity index (χ3v) is 4.81. The van der Waals surface area contributed by atoms with Gasteiger partial charge in [0.15, 0.2) is 0 Å². The van der Waals surface area contributed by atoms with Gasteiger partial charge < -0.3 is 10.6 Å². The average molecular weight is 331 g/mol. The molecule has 1 aliphatic heterocycles. The van der Waals surface area contributed by atoms with Crippen LogP contribution in [-0.2, 0) is 13.0 Å². The number of hydrogen-bond donors (Lipinski definition) is 1. The van der Waals surface area contributed by atoms with Crippen LogP contribution >= 0.6 is 11.3 Å². The molecule has 0 unspecified atom stereocenters. The van der Waals surface area contributed by atoms with Gasteiger partial charge in [0, 0.05) is 50.7 Å². The zero-order valence-corrected chi connectivity index (χ0v) is 13.8. The summed E-state index contributed by atoms with van der Waals surface area (Å²) in [5.74, 6) is 0.0296. The average Bonchev–Trinajstić information content (AvgIpc) is 3.05. The molecule has 3 rings (SSSR count). The Morgan fingerprint density at radius 3 is 2.78 bits per heavy atom. The van der Waals surface area contributed by atoms with Crippen LogP contribution in [-0.4, -0.2) is 58.4 Å². The molecule has 0 saturated carbocycles. The molecular formula is C16H21N5OS. The Morgan fingerprint density at radius 1 is 1.26 bits per heavy atom. The first-order valence-corrected chi connectivity index (χ1v) is 8.70. The van der Waals surface area contributed by atoms with Gasteiger partial charge >= 0.3 is 0 Å². The van der Waals surface area contributed by atoms with Crippen molar-refractivity contribution in [2.45, 2.75) is 13.0 Å². The van der Waals surface area contributed by atoms with Gasteiger partial charge in [-0.2, -0.15) is 0 Å². The topological polar surface area (TPSA) is 75.3 Å². The number of piperazine rings is 1. The molecule has 122 valence electrons. The minimum Gasteiger partial charge on any atom is -0.335 e. The first kappa shape index (κ1) is 16.0. The minimum atomic E-state index is 0.0296. The van der Waals surface area contributed by atoms with E-state index in [-0.39, 0.29) is 5.91 Å². The van der Waals surface area contributed by atoms with Gasteiger partial charge in [0.05, 0.1) is 10.7 Å². The summed E-state index contributed by atoms with van der Waals surface area (Å²) >= 11 is 1.51. The number of rotatable bonds is 5. The van der Waals surface area contributed by atoms with E-state index < -0.39 is 0 Å². The van der Waals surface area contributed by atoms with E-state index in [1.165, 1.54) is 11.3 Å². The van der Waals surface area contributed by atoms with Gasteiger partial charge in [-0.05, 0) is 18.7 Å². The first-order chi connectivity index (χ1) is 11.3. The van der Waals surface area contributed by atoms with Crippen molar-refractivity contribution in [1.29, 1.82) is 0 Å². The third kappa shape index (κ3) is 4.13. The van der Waals surface area contributed by atoms with E-state index in [2.05, 4.69) is 14.9 Å². The molecule has 2 aromatic heterocycles. The molecule has 1 amide bonds. The molecule has 0 aromatic carbocycles. The smallest absolute Gasteiger partial charge is 0.273 e. The molecular weight excluding hydrogens is 310 g/mol. The number of thiazole rings is 1. The molecule has 2 N–H and O–H groups in total. The van der Waals surface area contributed by atoms with Gasteiger partial charge in [-0.25, -0.2) is 4.98 Å². The van der Waals surface area contributed by atoms with Crippen LogP contribution in [0.25, 0.3) is 0 Å². The SMILES string of the molecule is NCCc1nc(C(=O)N2CCN(Cc3ccccn3)CC2)cs1. The van der Waals surface area contributed by atoms with Gasteiger partial charge in [-0.15, -0.1) is 11.3 Å². The van der Waals surface area contributed by atoms with Crippen LogP contribution in [0.4, 0.5) is 0 Å². The Bertz CT molecular complexity index is 637. The van der Waals surface area contributed by atoms with Gasteiger partial charge in [0.25, 0.3) is 5.91 Å². The lowest BCUT2D eigenvalue weighted by Gasteiger charge is -2.34. The zero-order chi connectivity index (χ0) is 16.1. The molecule has 1 aliphatic rings. The lowest BCUT2D eigenvalue weighted by molar-refractivity contribution is 0.0622. The second kappa shape index (κ2) is 7.63. The molecule has 0 aliphatic carbocycles. The molecule has 3 heterocycles. The van der Waals surface area contributed by atoms with E-state index in [9.17, 15) is 4.79 Å². The second-order valence-electron chi connectivity index (χ2n) is 5.55. The van der Waals surface area contributed by atoms with Gasteiger partial charge in [-0.3, -0.25) is 14.7 Å². The molecule has 23 heavy (non-hydrogen) atoms. The van der Waals surface area contributed by atoms with Gasteiger partial charge in [0.1, 0.15) is 5.69 Å². The van der Waals surface area contributed by atoms with Crippen LogP contribution in [0, 0.1) is 0 Å². The first-order valence-electron chi connectivity index (χ1n) is 7.82. The number of amides is 1. The Hall–Kier alpha value is -1.83. The monoisotopic (exact) mass is 331 g/mol. The number of pyridine rings is 1. The van der Waals surface area contributed by atoms with E-state index >= 15 is 0 Å². The largest absolute Gasteiger partial charge is 0.335 e. The second-order valence-corrected chi connectivity index (χ2v) is 6.50. The fourth-order valence-corrected chi connectivity index (χ4v) is 3.43. The molecule has 7 heteroatoms. The number of nitrogens with zero attached hydrogens (tertiary/aromatic N) is 4. The molecule has 2 aromatic rings. The molecule has 1 fully saturated rings. The van der Waals surface area contributed by atoms with Crippen molar-refractivity contribution in [3.05, 3.63) is 46.2 Å². The molecule has 0 bridgehead atoms. The van der Waals surface area contributed by atoms with E-state index in [4.69, 9.17) is 5.73 Å². The molecule has 1 saturated heterocycles. The fraction of sp³-hybridized carbons (Fsp3) is 0.438. The van der Waals surface area contributed by atoms with E-state index in [0.29, 0.717) is 12.2 Å². The van der Waals surface area contributed by atoms with Crippen molar-refractivity contribution in [1.82, 2.24) is 19.8 Å². The maximum atomic E-state index is 12.5. The van der Waals surface area contributed by atoms with Crippen LogP contribution in [0.5, 0.6) is 0 Å². The zero-order valence-electron chi connectivity index (χ0n) is 13.0. The summed E-state index contributed by atoms with van der Waals surface area (Å²) in [6.07, 6.45) is 2.55. The highest BCUT2D eigenvalue weighted by Gasteiger charge is 2.23. The van der Waals surface area contributed by atoms with Gasteiger partial charge in [0.2, 0.25) is 0 Å². The van der Waals surface area contributed by atoms with Crippen LogP contribution in [0.3, 0.4) is 0 Å². The van der Waals surface area contributed by atoms with Crippen LogP contribution in [0.1, 0.15) is 21.2 Å². The van der Waals surface area contributed by atoms with Gasteiger partial charge in [-0.1, -0.05) is 6.07 Å². The number of aromatic nitrogens is 2. The summed E-state index contributed by atoms with van der Waals surface area (Å²) in [7, 11) is 0. The van der Waals surface area contributed by atoms with E-state index in [0.717, 1.165) is 49.8 Å². The fourth-order valence-electron chi connectivity index (χ4n) is 2.64. The number of carbonyl (C=O) groups is 1. The number of hydrogen-bond acceptors (Lipinski definition) is 6. The van der Waals surface area contributed by atoms with Crippen molar-refractivity contribution in [2.24, 2.45) is 5.73 Å². The molecule has 0 spiro atoms. The number of carbonyl (C=O) groups excluding carboxylic acids is 1. The van der Waals surface area contributed by atoms with E-state index in [1.54, 1.807) is 0 Å². The third-order valence-electron chi connectivity index (χ3n) is 3.90. The summed E-state index contributed by atoms with van der Waals surface area (Å²) < 4.78 is 0. The van der Waals surface area contributed by atoms with Crippen LogP contribution < -0.4 is 5.73 Å². The molecule has 0 atom stereocenters. The molecule has 6 nitrogen and oxygen atoms in total. The highest BCUT2D eigenvalue weighted by Crippen LogP contribution is 2.14. The summed E-state index contributed by atoms with van der Waals surface area (Å²) in [4.78, 5) is 25.4. The lowest BCUT2D eigenvalue weighted by atomic mass is 10.2. The highest BCUT2D eigenvalue weighted by atomic mass is 32.1. The predicted octanol–water partition coefficient (Wildman–Crippen LogP) is 0.997. The summed E-state index contributed by atoms with van der Waals surface area (Å²) in [5.41, 5.74) is 7.15. The maximum Gasteiger partial charge on any atom is 0.273 e. The standard InChI is InChI=1S/C16H21N5OS/c17-5-4-15-19-14(12-23-15)16(22)21-9-7-20(8-10-21)11-13-3-1-2-6-18-13/h1-3,6,12H,4-5,7-11,17H2. The normalized spacial score (nSPS) is 15.8. The Labute approximate surface area is 140 Å². The Kier molecular flexibility index (Phi) is 5.32. The number of nitrogens with two attached hydrogens (primary N) is 1. The predicted molar refractivity (Wildman–Crippen MR) is 90.3 cm³/mol. The van der Waals surface area contributed by atoms with Crippen molar-refractivity contribution in [3.8, 4) is 0 Å². The minimum absolute atomic E-state index is 0.0296. The Balaban J connectivity index is 1.52. The van der Waals surface area contributed by atoms with E-state index in [1.807, 2.05) is 34.7 Å². The van der Waals surface area contributed by atoms with Crippen molar-refractivity contribution >= 4 is 17.2 Å². The molecule has 0 radical (unpaired) electrons. The van der Waals surface area contributed by atoms with Crippen molar-refractivity contribution < 1.29 is 4.79 Å². The quantitative estimate of drug-likeness (QED) is 0.884. The van der Waals surface area contributed by atoms with Crippen molar-refractivity contribution in [3.63, 3.8) is 0 Å². The van der Waals surface area contributed by atoms with Crippen LogP contribution in [0.2, 0.25) is 0 Å². The van der Waals surface area contributed by atoms with Crippen molar-refractivity contribution in [2.75, 3.05) is 32.7 Å². The summed E-state index contributed by atoms with van der Waals surface area (Å²) in [6, 6.07) is 5.96. The lowest BCUT2D eigenvalue weighted by Crippen LogP contribution is -2.48. The Morgan fingerprint density at radius 2 is 2.09 bits per heavy atom. The van der Waals surface area contributed by atoms with Crippen LogP contribution in [0.15, 0.2) is 29.8 Å². The highest BCUT2D eigenvalue weighted by molar-refractivity contribution is 7.09.